The molecule has 0 radical (unpaired) electrons. The molecule has 2 aromatic rings. The highest BCUT2D eigenvalue weighted by Crippen LogP contribution is 2.39. The van der Waals surface area contributed by atoms with Gasteiger partial charge in [-0.15, -0.1) is 0 Å². The summed E-state index contributed by atoms with van der Waals surface area (Å²) in [4.78, 5) is 10.0. The third-order valence-corrected chi connectivity index (χ3v) is 6.12. The van der Waals surface area contributed by atoms with Gasteiger partial charge in [0.25, 0.3) is 0 Å². The SMILES string of the molecule is CCC1(CNc2ncnc(N3CCCC3c3ccc(C(F)(F)F)cc3)c2F)COC1. The molecule has 3 heterocycles. The van der Waals surface area contributed by atoms with E-state index in [1.165, 1.54) is 18.5 Å². The van der Waals surface area contributed by atoms with Gasteiger partial charge in [-0.05, 0) is 37.0 Å². The number of hydrogen-bond donors (Lipinski definition) is 1. The summed E-state index contributed by atoms with van der Waals surface area (Å²) in [5.41, 5.74) is 0.0124. The molecule has 2 aliphatic heterocycles. The zero-order valence-electron chi connectivity index (χ0n) is 16.7. The number of alkyl halides is 3. The number of aromatic nitrogens is 2. The molecule has 0 amide bonds. The number of hydrogen-bond acceptors (Lipinski definition) is 5. The molecule has 0 bridgehead atoms. The summed E-state index contributed by atoms with van der Waals surface area (Å²) in [6.07, 6.45) is -0.628. The normalized spacial score (nSPS) is 20.8. The van der Waals surface area contributed by atoms with Gasteiger partial charge in [-0.3, -0.25) is 0 Å². The molecular weight excluding hydrogens is 400 g/mol. The molecule has 0 aliphatic carbocycles. The lowest BCUT2D eigenvalue weighted by atomic mass is 9.83. The van der Waals surface area contributed by atoms with Crippen molar-refractivity contribution in [1.82, 2.24) is 9.97 Å². The van der Waals surface area contributed by atoms with Crippen LogP contribution in [0.1, 0.15) is 43.4 Å². The summed E-state index contributed by atoms with van der Waals surface area (Å²) >= 11 is 0. The number of rotatable bonds is 6. The van der Waals surface area contributed by atoms with Gasteiger partial charge in [-0.25, -0.2) is 9.97 Å². The first-order valence-electron chi connectivity index (χ1n) is 10.1. The van der Waals surface area contributed by atoms with Gasteiger partial charge in [0.15, 0.2) is 11.6 Å². The van der Waals surface area contributed by atoms with E-state index in [1.807, 2.05) is 4.90 Å². The fourth-order valence-electron chi connectivity index (χ4n) is 4.04. The molecule has 4 rings (SSSR count). The summed E-state index contributed by atoms with van der Waals surface area (Å²) in [5.74, 6) is -0.231. The van der Waals surface area contributed by atoms with Crippen molar-refractivity contribution in [1.29, 1.82) is 0 Å². The minimum atomic E-state index is -4.38. The molecule has 0 saturated carbocycles. The molecule has 1 N–H and O–H groups in total. The number of nitrogens with zero attached hydrogens (tertiary/aromatic N) is 3. The van der Waals surface area contributed by atoms with E-state index in [1.54, 1.807) is 0 Å². The van der Waals surface area contributed by atoms with Gasteiger partial charge in [-0.2, -0.15) is 17.6 Å². The van der Waals surface area contributed by atoms with Crippen LogP contribution in [0.2, 0.25) is 0 Å². The van der Waals surface area contributed by atoms with E-state index in [9.17, 15) is 13.2 Å². The van der Waals surface area contributed by atoms with Gasteiger partial charge in [-0.1, -0.05) is 19.1 Å². The third kappa shape index (κ3) is 3.95. The third-order valence-electron chi connectivity index (χ3n) is 6.12. The first kappa shape index (κ1) is 20.8. The van der Waals surface area contributed by atoms with Crippen molar-refractivity contribution >= 4 is 11.6 Å². The van der Waals surface area contributed by atoms with Gasteiger partial charge < -0.3 is 15.0 Å². The molecule has 2 fully saturated rings. The van der Waals surface area contributed by atoms with E-state index < -0.39 is 17.6 Å². The zero-order valence-corrected chi connectivity index (χ0v) is 16.7. The van der Waals surface area contributed by atoms with Crippen LogP contribution in [0.25, 0.3) is 0 Å². The minimum Gasteiger partial charge on any atom is -0.380 e. The summed E-state index contributed by atoms with van der Waals surface area (Å²) in [6, 6.07) is 4.84. The number of nitrogens with one attached hydrogen (secondary N) is 1. The monoisotopic (exact) mass is 424 g/mol. The molecule has 1 aromatic carbocycles. The summed E-state index contributed by atoms with van der Waals surface area (Å²) in [5, 5.41) is 3.09. The van der Waals surface area contributed by atoms with E-state index in [4.69, 9.17) is 4.74 Å². The van der Waals surface area contributed by atoms with E-state index in [-0.39, 0.29) is 23.1 Å². The predicted octanol–water partition coefficient (Wildman–Crippen LogP) is 4.81. The molecule has 2 aliphatic rings. The Labute approximate surface area is 172 Å². The van der Waals surface area contributed by atoms with Crippen LogP contribution in [0.5, 0.6) is 0 Å². The number of ether oxygens (including phenoxy) is 1. The van der Waals surface area contributed by atoms with Gasteiger partial charge in [0.1, 0.15) is 6.33 Å². The van der Waals surface area contributed by atoms with E-state index >= 15 is 4.39 Å². The van der Waals surface area contributed by atoms with Crippen molar-refractivity contribution in [3.05, 3.63) is 47.5 Å². The van der Waals surface area contributed by atoms with Gasteiger partial charge in [0.05, 0.1) is 24.8 Å². The molecule has 30 heavy (non-hydrogen) atoms. The fraction of sp³-hybridized carbons (Fsp3) is 0.524. The molecule has 1 aromatic heterocycles. The lowest BCUT2D eigenvalue weighted by Gasteiger charge is -2.41. The highest BCUT2D eigenvalue weighted by atomic mass is 19.4. The van der Waals surface area contributed by atoms with Crippen LogP contribution in [0.4, 0.5) is 29.2 Å². The Morgan fingerprint density at radius 1 is 1.20 bits per heavy atom. The van der Waals surface area contributed by atoms with Crippen LogP contribution < -0.4 is 10.2 Å². The second-order valence-corrected chi connectivity index (χ2v) is 8.03. The first-order chi connectivity index (χ1) is 14.3. The van der Waals surface area contributed by atoms with Crippen LogP contribution in [0.15, 0.2) is 30.6 Å². The van der Waals surface area contributed by atoms with Crippen molar-refractivity contribution in [3.63, 3.8) is 0 Å². The maximum absolute atomic E-state index is 15.2. The largest absolute Gasteiger partial charge is 0.416 e. The Bertz CT molecular complexity index is 878. The molecule has 162 valence electrons. The van der Waals surface area contributed by atoms with Crippen LogP contribution >= 0.6 is 0 Å². The Morgan fingerprint density at radius 3 is 2.53 bits per heavy atom. The van der Waals surface area contributed by atoms with Gasteiger partial charge in [0.2, 0.25) is 5.82 Å². The fourth-order valence-corrected chi connectivity index (χ4v) is 4.04. The van der Waals surface area contributed by atoms with Gasteiger partial charge >= 0.3 is 6.18 Å². The average Bonchev–Trinajstić information content (AvgIpc) is 3.17. The smallest absolute Gasteiger partial charge is 0.380 e. The molecule has 1 atom stereocenters. The van der Waals surface area contributed by atoms with E-state index in [0.717, 1.165) is 25.0 Å². The van der Waals surface area contributed by atoms with Crippen LogP contribution in [0, 0.1) is 11.2 Å². The zero-order chi connectivity index (χ0) is 21.4. The maximum Gasteiger partial charge on any atom is 0.416 e. The minimum absolute atomic E-state index is 0.00599. The van der Waals surface area contributed by atoms with Crippen molar-refractivity contribution < 1.29 is 22.3 Å². The van der Waals surface area contributed by atoms with Crippen molar-refractivity contribution in [2.24, 2.45) is 5.41 Å². The molecule has 5 nitrogen and oxygen atoms in total. The number of anilines is 2. The predicted molar refractivity (Wildman–Crippen MR) is 105 cm³/mol. The molecule has 2 saturated heterocycles. The average molecular weight is 424 g/mol. The standard InChI is InChI=1S/C21H24F4N4O/c1-2-20(11-30-12-20)10-26-18-17(22)19(28-13-27-18)29-9-3-4-16(29)14-5-7-15(8-6-14)21(23,24)25/h5-8,13,16H,2-4,9-12H2,1H3,(H,26,27,28). The Morgan fingerprint density at radius 2 is 1.93 bits per heavy atom. The topological polar surface area (TPSA) is 50.3 Å². The van der Waals surface area contributed by atoms with E-state index in [0.29, 0.717) is 38.3 Å². The van der Waals surface area contributed by atoms with Crippen LogP contribution in [-0.4, -0.2) is 36.3 Å². The van der Waals surface area contributed by atoms with Crippen molar-refractivity contribution in [2.75, 3.05) is 36.5 Å². The second kappa shape index (κ2) is 8.02. The van der Waals surface area contributed by atoms with Crippen molar-refractivity contribution in [3.8, 4) is 0 Å². The molecular formula is C21H24F4N4O. The number of halogens is 4. The number of benzene rings is 1. The quantitative estimate of drug-likeness (QED) is 0.675. The highest BCUT2D eigenvalue weighted by Gasteiger charge is 2.37. The Hall–Kier alpha value is -2.42. The molecule has 1 unspecified atom stereocenters. The maximum atomic E-state index is 15.2. The Balaban J connectivity index is 1.54. The second-order valence-electron chi connectivity index (χ2n) is 8.03. The highest BCUT2D eigenvalue weighted by molar-refractivity contribution is 5.53. The van der Waals surface area contributed by atoms with Gasteiger partial charge in [0, 0.05) is 18.5 Å². The lowest BCUT2D eigenvalue weighted by Crippen LogP contribution is -2.47. The molecule has 0 spiro atoms. The summed E-state index contributed by atoms with van der Waals surface area (Å²) in [7, 11) is 0. The summed E-state index contributed by atoms with van der Waals surface area (Å²) < 4.78 is 59.1. The van der Waals surface area contributed by atoms with E-state index in [2.05, 4.69) is 22.2 Å². The van der Waals surface area contributed by atoms with Crippen LogP contribution in [-0.2, 0) is 10.9 Å². The van der Waals surface area contributed by atoms with Crippen molar-refractivity contribution in [2.45, 2.75) is 38.4 Å². The van der Waals surface area contributed by atoms with Crippen LogP contribution in [0.3, 0.4) is 0 Å². The molecule has 9 heteroatoms. The summed E-state index contributed by atoms with van der Waals surface area (Å²) in [6.45, 7) is 4.48. The Kier molecular flexibility index (Phi) is 5.57. The lowest BCUT2D eigenvalue weighted by molar-refractivity contribution is -0.137. The first-order valence-corrected chi connectivity index (χ1v) is 10.1.